The van der Waals surface area contributed by atoms with Crippen LogP contribution in [-0.2, 0) is 0 Å². The van der Waals surface area contributed by atoms with Crippen molar-refractivity contribution in [1.29, 1.82) is 0 Å². The highest BCUT2D eigenvalue weighted by Gasteiger charge is 2.31. The normalized spacial score (nSPS) is 14.4. The predicted octanol–water partition coefficient (Wildman–Crippen LogP) is 7.71. The van der Waals surface area contributed by atoms with E-state index < -0.39 is 5.60 Å². The van der Waals surface area contributed by atoms with Crippen molar-refractivity contribution in [3.63, 3.8) is 0 Å². The van der Waals surface area contributed by atoms with Gasteiger partial charge in [-0.1, -0.05) is 68.5 Å². The fourth-order valence-electron chi connectivity index (χ4n) is 3.40. The first kappa shape index (κ1) is 25.5. The first-order chi connectivity index (χ1) is 14.1. The van der Waals surface area contributed by atoms with Crippen molar-refractivity contribution in [3.05, 3.63) is 61.2 Å². The maximum absolute atomic E-state index is 11.3. The molecule has 2 nitrogen and oxygen atoms in total. The molecule has 1 rings (SSSR count). The molecule has 0 aliphatic rings. The molecule has 1 N–H and O–H groups in total. The smallest absolute Gasteiger partial charge is 0.118 e. The summed E-state index contributed by atoms with van der Waals surface area (Å²) >= 11 is 6.67. The molecule has 2 atom stereocenters. The summed E-state index contributed by atoms with van der Waals surface area (Å²) in [5.74, 6) is 0.824. The Kier molecular flexibility index (Phi) is 13.5. The summed E-state index contributed by atoms with van der Waals surface area (Å²) in [6.07, 6.45) is 19.2. The molecule has 0 fully saturated rings. The minimum atomic E-state index is -0.995. The van der Waals surface area contributed by atoms with Gasteiger partial charge in [-0.15, -0.1) is 24.8 Å². The second-order valence-electron chi connectivity index (χ2n) is 7.73. The molecule has 162 valence electrons. The zero-order valence-electron chi connectivity index (χ0n) is 18.1. The molecule has 2 unspecified atom stereocenters. The number of hydrogen-bond acceptors (Lipinski definition) is 2. The number of aliphatic hydroxyl groups is 1. The molecule has 3 heteroatoms. The van der Waals surface area contributed by atoms with Gasteiger partial charge in [-0.25, -0.2) is 0 Å². The highest BCUT2D eigenvalue weighted by atomic mass is 35.5. The summed E-state index contributed by atoms with van der Waals surface area (Å²) < 4.78 is 5.21. The van der Waals surface area contributed by atoms with Crippen LogP contribution in [0.5, 0.6) is 5.75 Å². The van der Waals surface area contributed by atoms with E-state index in [0.29, 0.717) is 6.42 Å². The van der Waals surface area contributed by atoms with Crippen LogP contribution in [0.4, 0.5) is 0 Å². The molecule has 0 aliphatic heterocycles. The van der Waals surface area contributed by atoms with Crippen molar-refractivity contribution in [2.45, 2.75) is 81.6 Å². The largest absolute Gasteiger partial charge is 0.497 e. The van der Waals surface area contributed by atoms with Gasteiger partial charge in [0, 0.05) is 0 Å². The standard InChI is InChI=1S/C26H39ClO2/c1-4-6-8-9-10-11-12-14-21-26(28,25(27)15-13-7-5-2)22-20-23-16-18-24(29-3)19-17-23/h4-5,16-20,22,25,28H,1-2,6-15,21H2,3H3. The molecule has 1 aromatic carbocycles. The molecule has 0 aromatic heterocycles. The first-order valence-electron chi connectivity index (χ1n) is 11.0. The lowest BCUT2D eigenvalue weighted by Gasteiger charge is -2.30. The van der Waals surface area contributed by atoms with Crippen LogP contribution >= 0.6 is 11.6 Å². The van der Waals surface area contributed by atoms with Crippen molar-refractivity contribution in [2.75, 3.05) is 7.11 Å². The minimum absolute atomic E-state index is 0.301. The molecule has 0 saturated heterocycles. The molecule has 1 aromatic rings. The third-order valence-corrected chi connectivity index (χ3v) is 5.92. The fraction of sp³-hybridized carbons (Fsp3) is 0.538. The topological polar surface area (TPSA) is 29.5 Å². The van der Waals surface area contributed by atoms with Gasteiger partial charge in [0.25, 0.3) is 0 Å². The van der Waals surface area contributed by atoms with Crippen LogP contribution in [0.3, 0.4) is 0 Å². The second kappa shape index (κ2) is 15.3. The monoisotopic (exact) mass is 418 g/mol. The Morgan fingerprint density at radius 2 is 1.55 bits per heavy atom. The lowest BCUT2D eigenvalue weighted by atomic mass is 9.88. The van der Waals surface area contributed by atoms with Gasteiger partial charge in [0.1, 0.15) is 5.75 Å². The number of methoxy groups -OCH3 is 1. The highest BCUT2D eigenvalue weighted by Crippen LogP contribution is 2.30. The number of benzene rings is 1. The molecule has 0 heterocycles. The van der Waals surface area contributed by atoms with Gasteiger partial charge < -0.3 is 9.84 Å². The Hall–Kier alpha value is -1.51. The summed E-state index contributed by atoms with van der Waals surface area (Å²) in [7, 11) is 1.66. The first-order valence-corrected chi connectivity index (χ1v) is 11.4. The quantitative estimate of drug-likeness (QED) is 0.159. The second-order valence-corrected chi connectivity index (χ2v) is 8.26. The van der Waals surface area contributed by atoms with Gasteiger partial charge in [-0.3, -0.25) is 0 Å². The zero-order valence-corrected chi connectivity index (χ0v) is 18.9. The lowest BCUT2D eigenvalue weighted by Crippen LogP contribution is -2.37. The van der Waals surface area contributed by atoms with Crippen LogP contribution in [0.1, 0.15) is 76.2 Å². The van der Waals surface area contributed by atoms with Crippen LogP contribution in [0.2, 0.25) is 0 Å². The van der Waals surface area contributed by atoms with Gasteiger partial charge in [0.2, 0.25) is 0 Å². The summed E-state index contributed by atoms with van der Waals surface area (Å²) in [5.41, 5.74) is 0.0345. The molecule has 0 saturated carbocycles. The lowest BCUT2D eigenvalue weighted by molar-refractivity contribution is 0.0714. The fourth-order valence-corrected chi connectivity index (χ4v) is 3.73. The van der Waals surface area contributed by atoms with E-state index in [1.54, 1.807) is 7.11 Å². The van der Waals surface area contributed by atoms with Gasteiger partial charge >= 0.3 is 0 Å². The third-order valence-electron chi connectivity index (χ3n) is 5.32. The van der Waals surface area contributed by atoms with E-state index in [2.05, 4.69) is 13.2 Å². The van der Waals surface area contributed by atoms with Gasteiger partial charge in [-0.2, -0.15) is 0 Å². The van der Waals surface area contributed by atoms with Crippen LogP contribution < -0.4 is 4.74 Å². The maximum Gasteiger partial charge on any atom is 0.118 e. The van der Waals surface area contributed by atoms with Crippen molar-refractivity contribution in [2.24, 2.45) is 0 Å². The van der Waals surface area contributed by atoms with Crippen LogP contribution in [0.25, 0.3) is 6.08 Å². The van der Waals surface area contributed by atoms with E-state index in [-0.39, 0.29) is 5.38 Å². The van der Waals surface area contributed by atoms with Crippen molar-refractivity contribution in [3.8, 4) is 5.75 Å². The van der Waals surface area contributed by atoms with E-state index in [4.69, 9.17) is 16.3 Å². The molecule has 0 aliphatic carbocycles. The van der Waals surface area contributed by atoms with Crippen molar-refractivity contribution < 1.29 is 9.84 Å². The van der Waals surface area contributed by atoms with E-state index in [1.165, 1.54) is 25.7 Å². The summed E-state index contributed by atoms with van der Waals surface area (Å²) in [6.45, 7) is 7.54. The SMILES string of the molecule is C=CCCCCCCCCC(O)(C=Cc1ccc(OC)cc1)C(Cl)CCCC=C. The summed E-state index contributed by atoms with van der Waals surface area (Å²) in [5, 5.41) is 11.0. The van der Waals surface area contributed by atoms with Gasteiger partial charge in [0.15, 0.2) is 0 Å². The Morgan fingerprint density at radius 3 is 2.17 bits per heavy atom. The number of halogens is 1. The molecular formula is C26H39ClO2. The average molecular weight is 419 g/mol. The zero-order chi connectivity index (χ0) is 21.4. The Labute approximate surface area is 183 Å². The Balaban J connectivity index is 2.63. The van der Waals surface area contributed by atoms with E-state index >= 15 is 0 Å². The molecule has 0 amide bonds. The van der Waals surface area contributed by atoms with Crippen LogP contribution in [0, 0.1) is 0 Å². The van der Waals surface area contributed by atoms with Crippen molar-refractivity contribution >= 4 is 17.7 Å². The number of unbranched alkanes of at least 4 members (excludes halogenated alkanes) is 7. The number of hydrogen-bond donors (Lipinski definition) is 1. The summed E-state index contributed by atoms with van der Waals surface area (Å²) in [4.78, 5) is 0. The van der Waals surface area contributed by atoms with Crippen molar-refractivity contribution in [1.82, 2.24) is 0 Å². The van der Waals surface area contributed by atoms with E-state index in [0.717, 1.165) is 49.8 Å². The molecule has 0 radical (unpaired) electrons. The Bertz CT molecular complexity index is 593. The van der Waals surface area contributed by atoms with Gasteiger partial charge in [0.05, 0.1) is 18.1 Å². The minimum Gasteiger partial charge on any atom is -0.497 e. The van der Waals surface area contributed by atoms with E-state index in [1.807, 2.05) is 48.6 Å². The number of alkyl halides is 1. The van der Waals surface area contributed by atoms with Crippen LogP contribution in [0.15, 0.2) is 55.7 Å². The number of ether oxygens (including phenoxy) is 1. The highest BCUT2D eigenvalue weighted by molar-refractivity contribution is 6.21. The molecular weight excluding hydrogens is 380 g/mol. The Morgan fingerprint density at radius 1 is 0.966 bits per heavy atom. The predicted molar refractivity (Wildman–Crippen MR) is 128 cm³/mol. The van der Waals surface area contributed by atoms with Gasteiger partial charge in [-0.05, 0) is 56.2 Å². The number of allylic oxidation sites excluding steroid dienone is 2. The molecule has 0 bridgehead atoms. The van der Waals surface area contributed by atoms with E-state index in [9.17, 15) is 5.11 Å². The number of rotatable bonds is 17. The molecule has 29 heavy (non-hydrogen) atoms. The maximum atomic E-state index is 11.3. The van der Waals surface area contributed by atoms with Crippen LogP contribution in [-0.4, -0.2) is 23.2 Å². The molecule has 0 spiro atoms. The summed E-state index contributed by atoms with van der Waals surface area (Å²) in [6, 6.07) is 7.82. The average Bonchev–Trinajstić information content (AvgIpc) is 2.74. The third kappa shape index (κ3) is 10.7.